The number of amides is 1. The fourth-order valence-electron chi connectivity index (χ4n) is 2.16. The minimum atomic E-state index is -3.87. The molecular formula is C10H19ClN2O4S. The van der Waals surface area contributed by atoms with Gasteiger partial charge in [0, 0.05) is 18.5 Å². The Morgan fingerprint density at radius 1 is 1.39 bits per heavy atom. The molecule has 6 nitrogen and oxygen atoms in total. The Balaban J connectivity index is 2.78. The molecule has 106 valence electrons. The Kier molecular flexibility index (Phi) is 6.17. The molecule has 0 atom stereocenters. The number of nitrogens with zero attached hydrogens (tertiary/aromatic N) is 1. The van der Waals surface area contributed by atoms with Crippen LogP contribution < -0.4 is 4.72 Å². The van der Waals surface area contributed by atoms with E-state index in [9.17, 15) is 13.2 Å². The number of nitrogens with one attached hydrogen (secondary N) is 1. The number of alkyl halides is 1. The van der Waals surface area contributed by atoms with Gasteiger partial charge in [0.25, 0.3) is 0 Å². The van der Waals surface area contributed by atoms with E-state index in [2.05, 4.69) is 4.74 Å². The molecule has 1 N–H and O–H groups in total. The topological polar surface area (TPSA) is 75.7 Å². The van der Waals surface area contributed by atoms with Gasteiger partial charge in [-0.1, -0.05) is 19.3 Å². The van der Waals surface area contributed by atoms with Crippen molar-refractivity contribution in [1.29, 1.82) is 0 Å². The van der Waals surface area contributed by atoms with Crippen LogP contribution in [0.1, 0.15) is 32.1 Å². The lowest BCUT2D eigenvalue weighted by Gasteiger charge is -2.32. The van der Waals surface area contributed by atoms with Crippen LogP contribution in [-0.2, 0) is 14.9 Å². The van der Waals surface area contributed by atoms with Gasteiger partial charge in [0.15, 0.2) is 0 Å². The first kappa shape index (κ1) is 15.5. The SMILES string of the molecule is COC(=O)NS(=O)(=O)N(CCCl)C1CCCCC1. The monoisotopic (exact) mass is 298 g/mol. The summed E-state index contributed by atoms with van der Waals surface area (Å²) in [5.74, 6) is 0.193. The molecule has 0 aromatic heterocycles. The maximum Gasteiger partial charge on any atom is 0.421 e. The second-order valence-corrected chi connectivity index (χ2v) is 6.19. The number of carbonyl (C=O) groups is 1. The summed E-state index contributed by atoms with van der Waals surface area (Å²) in [5.41, 5.74) is 0. The number of ether oxygens (including phenoxy) is 1. The van der Waals surface area contributed by atoms with Crippen LogP contribution in [-0.4, -0.2) is 44.4 Å². The van der Waals surface area contributed by atoms with Gasteiger partial charge < -0.3 is 4.74 Å². The third-order valence-corrected chi connectivity index (χ3v) is 4.69. The molecule has 0 heterocycles. The van der Waals surface area contributed by atoms with E-state index < -0.39 is 16.3 Å². The average Bonchev–Trinajstić information content (AvgIpc) is 2.36. The van der Waals surface area contributed by atoms with E-state index in [1.165, 1.54) is 4.31 Å². The summed E-state index contributed by atoms with van der Waals surface area (Å²) >= 11 is 5.64. The van der Waals surface area contributed by atoms with Crippen molar-refractivity contribution < 1.29 is 17.9 Å². The van der Waals surface area contributed by atoms with E-state index in [0.29, 0.717) is 0 Å². The van der Waals surface area contributed by atoms with Gasteiger partial charge in [0.2, 0.25) is 0 Å². The Morgan fingerprint density at radius 3 is 2.50 bits per heavy atom. The summed E-state index contributed by atoms with van der Waals surface area (Å²) in [6, 6.07) is -0.0837. The molecule has 0 aliphatic heterocycles. The zero-order valence-corrected chi connectivity index (χ0v) is 12.0. The molecule has 1 aliphatic carbocycles. The van der Waals surface area contributed by atoms with Crippen LogP contribution in [0.25, 0.3) is 0 Å². The fourth-order valence-corrected chi connectivity index (χ4v) is 3.79. The van der Waals surface area contributed by atoms with E-state index in [1.807, 2.05) is 4.72 Å². The van der Waals surface area contributed by atoms with Gasteiger partial charge in [-0.15, -0.1) is 11.6 Å². The first-order valence-corrected chi connectivity index (χ1v) is 7.92. The molecule has 1 amide bonds. The zero-order valence-electron chi connectivity index (χ0n) is 10.4. The lowest BCUT2D eigenvalue weighted by molar-refractivity contribution is 0.176. The largest absolute Gasteiger partial charge is 0.452 e. The average molecular weight is 299 g/mol. The summed E-state index contributed by atoms with van der Waals surface area (Å²) in [7, 11) is -2.75. The number of rotatable bonds is 5. The van der Waals surface area contributed by atoms with Gasteiger partial charge >= 0.3 is 16.3 Å². The number of carbonyl (C=O) groups excluding carboxylic acids is 1. The number of hydrogen-bond donors (Lipinski definition) is 1. The molecule has 0 spiro atoms. The van der Waals surface area contributed by atoms with Crippen molar-refractivity contribution in [3.8, 4) is 0 Å². The summed E-state index contributed by atoms with van der Waals surface area (Å²) in [6.45, 7) is 0.193. The highest BCUT2D eigenvalue weighted by Gasteiger charge is 2.31. The van der Waals surface area contributed by atoms with Crippen LogP contribution in [0.2, 0.25) is 0 Å². The lowest BCUT2D eigenvalue weighted by Crippen LogP contribution is -2.49. The predicted molar refractivity (Wildman–Crippen MR) is 68.8 cm³/mol. The molecule has 0 unspecified atom stereocenters. The van der Waals surface area contributed by atoms with Crippen molar-refractivity contribution in [2.75, 3.05) is 19.5 Å². The van der Waals surface area contributed by atoms with E-state index in [1.54, 1.807) is 0 Å². The fraction of sp³-hybridized carbons (Fsp3) is 0.900. The third kappa shape index (κ3) is 4.29. The number of methoxy groups -OCH3 is 1. The van der Waals surface area contributed by atoms with E-state index in [0.717, 1.165) is 39.2 Å². The van der Waals surface area contributed by atoms with Gasteiger partial charge in [-0.25, -0.2) is 9.52 Å². The van der Waals surface area contributed by atoms with E-state index in [-0.39, 0.29) is 18.5 Å². The van der Waals surface area contributed by atoms with E-state index >= 15 is 0 Å². The highest BCUT2D eigenvalue weighted by atomic mass is 35.5. The molecule has 0 radical (unpaired) electrons. The molecule has 0 aromatic carbocycles. The molecule has 1 aliphatic rings. The van der Waals surface area contributed by atoms with Crippen LogP contribution in [0.15, 0.2) is 0 Å². The zero-order chi connectivity index (χ0) is 13.6. The molecule has 1 rings (SSSR count). The quantitative estimate of drug-likeness (QED) is 0.780. The van der Waals surface area contributed by atoms with Gasteiger partial charge in [-0.2, -0.15) is 12.7 Å². The van der Waals surface area contributed by atoms with Crippen molar-refractivity contribution in [2.24, 2.45) is 0 Å². The Bertz CT molecular complexity index is 368. The van der Waals surface area contributed by atoms with Crippen LogP contribution in [0.3, 0.4) is 0 Å². The Labute approximate surface area is 113 Å². The van der Waals surface area contributed by atoms with Crippen molar-refractivity contribution in [2.45, 2.75) is 38.1 Å². The molecule has 0 saturated heterocycles. The van der Waals surface area contributed by atoms with Crippen LogP contribution in [0.5, 0.6) is 0 Å². The van der Waals surface area contributed by atoms with E-state index in [4.69, 9.17) is 11.6 Å². The molecule has 8 heteroatoms. The van der Waals surface area contributed by atoms with Crippen LogP contribution >= 0.6 is 11.6 Å². The first-order valence-electron chi connectivity index (χ1n) is 5.94. The maximum absolute atomic E-state index is 12.0. The summed E-state index contributed by atoms with van der Waals surface area (Å²) in [5, 5.41) is 0. The van der Waals surface area contributed by atoms with Gasteiger partial charge in [0.05, 0.1) is 7.11 Å². The van der Waals surface area contributed by atoms with Gasteiger partial charge in [-0.3, -0.25) is 0 Å². The summed E-state index contributed by atoms with van der Waals surface area (Å²) in [4.78, 5) is 11.0. The van der Waals surface area contributed by atoms with Crippen LogP contribution in [0, 0.1) is 0 Å². The Morgan fingerprint density at radius 2 is 2.00 bits per heavy atom. The molecule has 0 bridgehead atoms. The number of hydrogen-bond acceptors (Lipinski definition) is 4. The predicted octanol–water partition coefficient (Wildman–Crippen LogP) is 1.46. The van der Waals surface area contributed by atoms with Crippen molar-refractivity contribution >= 4 is 27.9 Å². The molecule has 18 heavy (non-hydrogen) atoms. The summed E-state index contributed by atoms with van der Waals surface area (Å²) in [6.07, 6.45) is 3.74. The second-order valence-electron chi connectivity index (χ2n) is 4.19. The summed E-state index contributed by atoms with van der Waals surface area (Å²) < 4.78 is 31.5. The normalized spacial score (nSPS) is 17.7. The Hall–Kier alpha value is -0.530. The lowest BCUT2D eigenvalue weighted by atomic mass is 9.95. The molecule has 1 fully saturated rings. The highest BCUT2D eigenvalue weighted by Crippen LogP contribution is 2.24. The molecular weight excluding hydrogens is 280 g/mol. The van der Waals surface area contributed by atoms with Crippen LogP contribution in [0.4, 0.5) is 4.79 Å². The third-order valence-electron chi connectivity index (χ3n) is 2.99. The molecule has 1 saturated carbocycles. The van der Waals surface area contributed by atoms with Crippen molar-refractivity contribution in [1.82, 2.24) is 9.03 Å². The van der Waals surface area contributed by atoms with Crippen molar-refractivity contribution in [3.05, 3.63) is 0 Å². The maximum atomic E-state index is 12.0. The molecule has 0 aromatic rings. The van der Waals surface area contributed by atoms with Gasteiger partial charge in [0.1, 0.15) is 0 Å². The standard InChI is InChI=1S/C10H19ClN2O4S/c1-17-10(14)12-18(15,16)13(8-7-11)9-5-3-2-4-6-9/h9H,2-8H2,1H3,(H,12,14). The smallest absolute Gasteiger partial charge is 0.421 e. The number of halogens is 1. The minimum Gasteiger partial charge on any atom is -0.452 e. The second kappa shape index (κ2) is 7.16. The first-order chi connectivity index (χ1) is 8.51. The van der Waals surface area contributed by atoms with Gasteiger partial charge in [-0.05, 0) is 12.8 Å². The minimum absolute atomic E-state index is 0.0837. The van der Waals surface area contributed by atoms with Crippen molar-refractivity contribution in [3.63, 3.8) is 0 Å². The highest BCUT2D eigenvalue weighted by molar-refractivity contribution is 7.87.